The molecule has 0 aliphatic heterocycles. The monoisotopic (exact) mass is 257 g/mol. The molecule has 3 nitrogen and oxygen atoms in total. The van der Waals surface area contributed by atoms with E-state index in [0.29, 0.717) is 18.0 Å². The number of hydrogen-bond donors (Lipinski definition) is 1. The molecule has 0 spiro atoms. The Kier molecular flexibility index (Phi) is 4.42. The van der Waals surface area contributed by atoms with E-state index in [1.54, 1.807) is 7.11 Å². The van der Waals surface area contributed by atoms with Gasteiger partial charge in [-0.15, -0.1) is 0 Å². The van der Waals surface area contributed by atoms with Crippen molar-refractivity contribution in [3.8, 4) is 5.75 Å². The van der Waals surface area contributed by atoms with Crippen molar-refractivity contribution in [2.45, 2.75) is 19.6 Å². The van der Waals surface area contributed by atoms with Crippen LogP contribution in [0.5, 0.6) is 5.75 Å². The molecule has 2 N–H and O–H groups in total. The highest BCUT2D eigenvalue weighted by atomic mass is 16.5. The van der Waals surface area contributed by atoms with E-state index in [9.17, 15) is 0 Å². The molecule has 0 saturated heterocycles. The number of nitrogens with two attached hydrogens (primary N) is 1. The minimum absolute atomic E-state index is 0.0597. The third kappa shape index (κ3) is 3.48. The summed E-state index contributed by atoms with van der Waals surface area (Å²) < 4.78 is 11.0. The fraction of sp³-hybridized carbons (Fsp3) is 0.250. The summed E-state index contributed by atoms with van der Waals surface area (Å²) in [6.07, 6.45) is 0.0597. The van der Waals surface area contributed by atoms with Crippen LogP contribution in [0, 0.1) is 0 Å². The standard InChI is InChI=1S/C16H19NO2/c1-12(14-6-4-3-5-7-14)19-11-13-8-9-16(18-2)15(17)10-13/h3-10,12H,11,17H2,1-2H3. The fourth-order valence-electron chi connectivity index (χ4n) is 1.92. The quantitative estimate of drug-likeness (QED) is 0.833. The fourth-order valence-corrected chi connectivity index (χ4v) is 1.92. The minimum Gasteiger partial charge on any atom is -0.495 e. The molecule has 1 unspecified atom stereocenters. The number of nitrogen functional groups attached to an aromatic ring is 1. The zero-order valence-corrected chi connectivity index (χ0v) is 11.3. The molecule has 19 heavy (non-hydrogen) atoms. The van der Waals surface area contributed by atoms with E-state index >= 15 is 0 Å². The van der Waals surface area contributed by atoms with E-state index in [1.165, 1.54) is 5.56 Å². The Morgan fingerprint density at radius 1 is 1.11 bits per heavy atom. The molecule has 0 radical (unpaired) electrons. The van der Waals surface area contributed by atoms with Crippen LogP contribution >= 0.6 is 0 Å². The molecule has 2 aromatic rings. The van der Waals surface area contributed by atoms with Crippen LogP contribution in [0.15, 0.2) is 48.5 Å². The molecule has 0 amide bonds. The van der Waals surface area contributed by atoms with Gasteiger partial charge >= 0.3 is 0 Å². The number of rotatable bonds is 5. The van der Waals surface area contributed by atoms with Crippen LogP contribution in [0.4, 0.5) is 5.69 Å². The van der Waals surface area contributed by atoms with E-state index in [-0.39, 0.29) is 6.10 Å². The summed E-state index contributed by atoms with van der Waals surface area (Å²) in [6, 6.07) is 15.9. The van der Waals surface area contributed by atoms with Crippen molar-refractivity contribution in [1.29, 1.82) is 0 Å². The first-order valence-electron chi connectivity index (χ1n) is 6.29. The van der Waals surface area contributed by atoms with Crippen LogP contribution in [-0.4, -0.2) is 7.11 Å². The lowest BCUT2D eigenvalue weighted by Gasteiger charge is -2.14. The van der Waals surface area contributed by atoms with E-state index in [4.69, 9.17) is 15.2 Å². The van der Waals surface area contributed by atoms with Crippen molar-refractivity contribution in [3.05, 3.63) is 59.7 Å². The summed E-state index contributed by atoms with van der Waals surface area (Å²) in [7, 11) is 1.61. The lowest BCUT2D eigenvalue weighted by atomic mass is 10.1. The first-order valence-corrected chi connectivity index (χ1v) is 6.29. The number of anilines is 1. The third-order valence-corrected chi connectivity index (χ3v) is 3.06. The SMILES string of the molecule is COc1ccc(COC(C)c2ccccc2)cc1N. The third-order valence-electron chi connectivity index (χ3n) is 3.06. The van der Waals surface area contributed by atoms with Gasteiger partial charge in [-0.1, -0.05) is 36.4 Å². The predicted octanol–water partition coefficient (Wildman–Crippen LogP) is 3.56. The van der Waals surface area contributed by atoms with Crippen molar-refractivity contribution in [3.63, 3.8) is 0 Å². The number of methoxy groups -OCH3 is 1. The molecule has 0 aromatic heterocycles. The minimum atomic E-state index is 0.0597. The van der Waals surface area contributed by atoms with Crippen molar-refractivity contribution < 1.29 is 9.47 Å². The van der Waals surface area contributed by atoms with Crippen LogP contribution in [0.2, 0.25) is 0 Å². The van der Waals surface area contributed by atoms with Crippen LogP contribution in [0.1, 0.15) is 24.2 Å². The van der Waals surface area contributed by atoms with E-state index < -0.39 is 0 Å². The lowest BCUT2D eigenvalue weighted by Crippen LogP contribution is -2.01. The zero-order valence-electron chi connectivity index (χ0n) is 11.3. The molecule has 1 atom stereocenters. The summed E-state index contributed by atoms with van der Waals surface area (Å²) in [5.74, 6) is 0.694. The van der Waals surface area contributed by atoms with Gasteiger partial charge in [0.05, 0.1) is 25.5 Å². The van der Waals surface area contributed by atoms with Gasteiger partial charge in [-0.25, -0.2) is 0 Å². The normalized spacial score (nSPS) is 12.1. The summed E-state index contributed by atoms with van der Waals surface area (Å²) in [5, 5.41) is 0. The largest absolute Gasteiger partial charge is 0.495 e. The molecule has 2 aromatic carbocycles. The van der Waals surface area contributed by atoms with Gasteiger partial charge < -0.3 is 15.2 Å². The van der Waals surface area contributed by atoms with Crippen LogP contribution in [0.25, 0.3) is 0 Å². The van der Waals surface area contributed by atoms with Crippen molar-refractivity contribution in [2.75, 3.05) is 12.8 Å². The van der Waals surface area contributed by atoms with Crippen molar-refractivity contribution >= 4 is 5.69 Å². The molecule has 3 heteroatoms. The van der Waals surface area contributed by atoms with Gasteiger partial charge in [-0.2, -0.15) is 0 Å². The summed E-state index contributed by atoms with van der Waals surface area (Å²) in [6.45, 7) is 2.58. The molecule has 0 saturated carbocycles. The van der Waals surface area contributed by atoms with Crippen molar-refractivity contribution in [1.82, 2.24) is 0 Å². The molecule has 0 fully saturated rings. The molecule has 0 heterocycles. The van der Waals surface area contributed by atoms with E-state index in [2.05, 4.69) is 12.1 Å². The molecule has 0 aliphatic carbocycles. The number of benzene rings is 2. The Hall–Kier alpha value is -2.00. The maximum atomic E-state index is 5.87. The molecular formula is C16H19NO2. The second-order valence-corrected chi connectivity index (χ2v) is 4.44. The van der Waals surface area contributed by atoms with Gasteiger partial charge in [-0.05, 0) is 30.2 Å². The number of hydrogen-bond acceptors (Lipinski definition) is 3. The smallest absolute Gasteiger partial charge is 0.141 e. The molecule has 100 valence electrons. The Labute approximate surface area is 114 Å². The van der Waals surface area contributed by atoms with Gasteiger partial charge in [0.1, 0.15) is 5.75 Å². The summed E-state index contributed by atoms with van der Waals surface area (Å²) >= 11 is 0. The average Bonchev–Trinajstić information content (AvgIpc) is 2.46. The maximum Gasteiger partial charge on any atom is 0.141 e. The first-order chi connectivity index (χ1) is 9.20. The number of ether oxygens (including phenoxy) is 2. The second-order valence-electron chi connectivity index (χ2n) is 4.44. The highest BCUT2D eigenvalue weighted by molar-refractivity contribution is 5.54. The average molecular weight is 257 g/mol. The Morgan fingerprint density at radius 3 is 2.47 bits per heavy atom. The van der Waals surface area contributed by atoms with E-state index in [0.717, 1.165) is 5.56 Å². The molecule has 0 bridgehead atoms. The zero-order chi connectivity index (χ0) is 13.7. The van der Waals surface area contributed by atoms with Gasteiger partial charge in [0.15, 0.2) is 0 Å². The van der Waals surface area contributed by atoms with Gasteiger partial charge in [0.25, 0.3) is 0 Å². The lowest BCUT2D eigenvalue weighted by molar-refractivity contribution is 0.0526. The van der Waals surface area contributed by atoms with Crippen LogP contribution < -0.4 is 10.5 Å². The van der Waals surface area contributed by atoms with Crippen LogP contribution in [-0.2, 0) is 11.3 Å². The topological polar surface area (TPSA) is 44.5 Å². The highest BCUT2D eigenvalue weighted by Gasteiger charge is 2.06. The summed E-state index contributed by atoms with van der Waals surface area (Å²) in [5.41, 5.74) is 8.72. The van der Waals surface area contributed by atoms with Gasteiger partial charge in [-0.3, -0.25) is 0 Å². The van der Waals surface area contributed by atoms with Gasteiger partial charge in [0, 0.05) is 0 Å². The molecule has 2 rings (SSSR count). The highest BCUT2D eigenvalue weighted by Crippen LogP contribution is 2.24. The Bertz CT molecular complexity index is 526. The Morgan fingerprint density at radius 2 is 1.84 bits per heavy atom. The maximum absolute atomic E-state index is 5.87. The second kappa shape index (κ2) is 6.25. The Balaban J connectivity index is 1.97. The predicted molar refractivity (Wildman–Crippen MR) is 77.1 cm³/mol. The molecule has 0 aliphatic rings. The van der Waals surface area contributed by atoms with Gasteiger partial charge in [0.2, 0.25) is 0 Å². The summed E-state index contributed by atoms with van der Waals surface area (Å²) in [4.78, 5) is 0. The molecular weight excluding hydrogens is 238 g/mol. The first kappa shape index (κ1) is 13.4. The van der Waals surface area contributed by atoms with Crippen LogP contribution in [0.3, 0.4) is 0 Å². The van der Waals surface area contributed by atoms with Crippen molar-refractivity contribution in [2.24, 2.45) is 0 Å². The van der Waals surface area contributed by atoms with E-state index in [1.807, 2.05) is 43.3 Å².